The summed E-state index contributed by atoms with van der Waals surface area (Å²) in [5.74, 6) is 7.36. The fraction of sp³-hybridized carbons (Fsp3) is 0.583. The standard InChI is InChI=1S/C36H43ClN6O4/c1-34(2,3)47-33(45)42-14-12-41(13-15-42)25-16-22(17-25)8-10-24-20-39-29-28(40-24)21-43(30(29)44)31-35(4,5)32(36(31,6)7)46-26-11-9-23(19-38)27(37)18-26/h9,11,18,20,22,25,31-32H,12-17,21H2,1-7H3. The minimum Gasteiger partial charge on any atom is -0.489 e. The molecular formula is C36H43ClN6O4. The number of hydrogen-bond donors (Lipinski definition) is 0. The lowest BCUT2D eigenvalue weighted by atomic mass is 9.49. The van der Waals surface area contributed by atoms with Crippen LogP contribution in [-0.2, 0) is 11.3 Å². The van der Waals surface area contributed by atoms with E-state index in [-0.39, 0.29) is 40.9 Å². The van der Waals surface area contributed by atoms with Crippen molar-refractivity contribution in [2.75, 3.05) is 26.2 Å². The fourth-order valence-corrected chi connectivity index (χ4v) is 8.35. The van der Waals surface area contributed by atoms with Crippen molar-refractivity contribution in [2.45, 2.75) is 91.6 Å². The quantitative estimate of drug-likeness (QED) is 0.395. The van der Waals surface area contributed by atoms with E-state index < -0.39 is 5.60 Å². The summed E-state index contributed by atoms with van der Waals surface area (Å²) in [6.07, 6.45) is 3.17. The zero-order chi connectivity index (χ0) is 33.9. The molecule has 0 N–H and O–H groups in total. The van der Waals surface area contributed by atoms with E-state index in [0.717, 1.165) is 25.9 Å². The monoisotopic (exact) mass is 658 g/mol. The van der Waals surface area contributed by atoms with E-state index in [2.05, 4.69) is 55.5 Å². The Morgan fingerprint density at radius 1 is 1.09 bits per heavy atom. The molecule has 2 aromatic rings. The number of piperazine rings is 1. The molecule has 2 aliphatic heterocycles. The van der Waals surface area contributed by atoms with Gasteiger partial charge in [-0.1, -0.05) is 45.2 Å². The van der Waals surface area contributed by atoms with Gasteiger partial charge in [0.1, 0.15) is 29.2 Å². The number of rotatable bonds is 4. The number of nitriles is 1. The van der Waals surface area contributed by atoms with Gasteiger partial charge in [0, 0.05) is 61.1 Å². The Kier molecular flexibility index (Phi) is 8.43. The molecule has 11 heteroatoms. The van der Waals surface area contributed by atoms with Gasteiger partial charge in [-0.25, -0.2) is 14.8 Å². The highest BCUT2D eigenvalue weighted by Crippen LogP contribution is 2.59. The molecule has 0 bridgehead atoms. The van der Waals surface area contributed by atoms with Crippen molar-refractivity contribution in [3.63, 3.8) is 0 Å². The summed E-state index contributed by atoms with van der Waals surface area (Å²) in [6.45, 7) is 17.5. The van der Waals surface area contributed by atoms with E-state index in [0.29, 0.717) is 59.1 Å². The van der Waals surface area contributed by atoms with Crippen LogP contribution in [0, 0.1) is 39.9 Å². The van der Waals surface area contributed by atoms with Gasteiger partial charge in [-0.05, 0) is 51.7 Å². The van der Waals surface area contributed by atoms with Crippen molar-refractivity contribution in [3.8, 4) is 23.7 Å². The molecule has 0 radical (unpaired) electrons. The van der Waals surface area contributed by atoms with Crippen molar-refractivity contribution < 1.29 is 19.1 Å². The molecule has 6 rings (SSSR count). The van der Waals surface area contributed by atoms with Gasteiger partial charge in [0.2, 0.25) is 0 Å². The minimum atomic E-state index is -0.486. The summed E-state index contributed by atoms with van der Waals surface area (Å²) in [6, 6.07) is 7.53. The van der Waals surface area contributed by atoms with Gasteiger partial charge in [-0.15, -0.1) is 0 Å². The lowest BCUT2D eigenvalue weighted by Gasteiger charge is -2.65. The average molecular weight is 659 g/mol. The molecule has 47 heavy (non-hydrogen) atoms. The van der Waals surface area contributed by atoms with Crippen molar-refractivity contribution >= 4 is 23.6 Å². The summed E-state index contributed by atoms with van der Waals surface area (Å²) in [4.78, 5) is 41.4. The first-order valence-corrected chi connectivity index (χ1v) is 16.7. The first-order chi connectivity index (χ1) is 22.1. The third-order valence-corrected chi connectivity index (χ3v) is 10.3. The normalized spacial score (nSPS) is 26.2. The zero-order valence-electron chi connectivity index (χ0n) is 28.3. The van der Waals surface area contributed by atoms with Gasteiger partial charge in [-0.2, -0.15) is 5.26 Å². The second-order valence-corrected chi connectivity index (χ2v) is 15.8. The Balaban J connectivity index is 1.04. The maximum absolute atomic E-state index is 13.6. The first kappa shape index (κ1) is 33.1. The SMILES string of the molecule is CC(C)(C)OC(=O)N1CCN(C2CC(C#Cc3cnc4c(n3)CN(C3C(C)(C)C(Oc5ccc(C#N)c(Cl)c5)C3(C)C)C4=O)C2)CC1. The van der Waals surface area contributed by atoms with Crippen molar-refractivity contribution in [1.29, 1.82) is 5.26 Å². The molecule has 1 aromatic heterocycles. The number of ether oxygens (including phenoxy) is 2. The molecule has 0 spiro atoms. The highest BCUT2D eigenvalue weighted by Gasteiger charge is 2.67. The van der Waals surface area contributed by atoms with Crippen molar-refractivity contribution in [3.05, 3.63) is 52.1 Å². The van der Waals surface area contributed by atoms with Gasteiger partial charge in [0.05, 0.1) is 29.0 Å². The average Bonchev–Trinajstić information content (AvgIpc) is 3.28. The third-order valence-electron chi connectivity index (χ3n) is 10.0. The number of benzene rings is 1. The molecule has 4 aliphatic rings. The molecule has 2 aliphatic carbocycles. The number of halogens is 1. The summed E-state index contributed by atoms with van der Waals surface area (Å²) in [5, 5.41) is 9.56. The number of carbonyl (C=O) groups is 2. The second kappa shape index (κ2) is 12.0. The number of fused-ring (bicyclic) bond motifs is 1. The molecule has 248 valence electrons. The van der Waals surface area contributed by atoms with Gasteiger partial charge in [0.15, 0.2) is 5.69 Å². The van der Waals surface area contributed by atoms with Gasteiger partial charge in [-0.3, -0.25) is 9.69 Å². The summed E-state index contributed by atoms with van der Waals surface area (Å²) in [5.41, 5.74) is 0.808. The summed E-state index contributed by atoms with van der Waals surface area (Å²) in [7, 11) is 0. The number of nitrogens with zero attached hydrogens (tertiary/aromatic N) is 6. The third kappa shape index (κ3) is 6.26. The molecule has 2 amide bonds. The zero-order valence-corrected chi connectivity index (χ0v) is 29.0. The Morgan fingerprint density at radius 2 is 1.77 bits per heavy atom. The number of aromatic nitrogens is 2. The molecule has 0 atom stereocenters. The number of hydrogen-bond acceptors (Lipinski definition) is 8. The Hall–Kier alpha value is -3.86. The lowest BCUT2D eigenvalue weighted by Crippen LogP contribution is -2.74. The van der Waals surface area contributed by atoms with Crippen molar-refractivity contribution in [1.82, 2.24) is 24.7 Å². The predicted molar refractivity (Wildman–Crippen MR) is 177 cm³/mol. The number of amides is 2. The van der Waals surface area contributed by atoms with Crippen LogP contribution in [0.3, 0.4) is 0 Å². The largest absolute Gasteiger partial charge is 0.489 e. The van der Waals surface area contributed by atoms with E-state index in [1.807, 2.05) is 25.7 Å². The molecule has 0 unspecified atom stereocenters. The van der Waals surface area contributed by atoms with Crippen LogP contribution in [0.1, 0.15) is 88.7 Å². The van der Waals surface area contributed by atoms with E-state index in [1.165, 1.54) is 0 Å². The molecular weight excluding hydrogens is 616 g/mol. The Labute approximate surface area is 282 Å². The van der Waals surface area contributed by atoms with Crippen LogP contribution in [0.4, 0.5) is 4.79 Å². The molecule has 10 nitrogen and oxygen atoms in total. The Morgan fingerprint density at radius 3 is 2.38 bits per heavy atom. The van der Waals surface area contributed by atoms with Crippen LogP contribution in [0.2, 0.25) is 5.02 Å². The first-order valence-electron chi connectivity index (χ1n) is 16.3. The number of carbonyl (C=O) groups excluding carboxylic acids is 2. The van der Waals surface area contributed by atoms with Gasteiger partial charge >= 0.3 is 6.09 Å². The van der Waals surface area contributed by atoms with Crippen LogP contribution in [-0.4, -0.2) is 86.6 Å². The maximum atomic E-state index is 13.6. The molecule has 2 saturated carbocycles. The highest BCUT2D eigenvalue weighted by atomic mass is 35.5. The second-order valence-electron chi connectivity index (χ2n) is 15.4. The van der Waals surface area contributed by atoms with Crippen LogP contribution in [0.25, 0.3) is 0 Å². The summed E-state index contributed by atoms with van der Waals surface area (Å²) >= 11 is 6.25. The minimum absolute atomic E-state index is 0.107. The highest BCUT2D eigenvalue weighted by molar-refractivity contribution is 6.31. The van der Waals surface area contributed by atoms with Gasteiger partial charge < -0.3 is 19.3 Å². The van der Waals surface area contributed by atoms with Crippen LogP contribution in [0.15, 0.2) is 24.4 Å². The van der Waals surface area contributed by atoms with Gasteiger partial charge in [0.25, 0.3) is 5.91 Å². The topological polar surface area (TPSA) is 112 Å². The Bertz CT molecular complexity index is 1670. The van der Waals surface area contributed by atoms with Crippen LogP contribution in [0.5, 0.6) is 5.75 Å². The van der Waals surface area contributed by atoms with E-state index >= 15 is 0 Å². The predicted octanol–water partition coefficient (Wildman–Crippen LogP) is 5.52. The van der Waals surface area contributed by atoms with Crippen LogP contribution < -0.4 is 4.74 Å². The maximum Gasteiger partial charge on any atom is 0.410 e. The fourth-order valence-electron chi connectivity index (χ4n) is 8.14. The van der Waals surface area contributed by atoms with E-state index in [9.17, 15) is 14.9 Å². The molecule has 3 fully saturated rings. The molecule has 1 saturated heterocycles. The van der Waals surface area contributed by atoms with Crippen LogP contribution >= 0.6 is 11.6 Å². The lowest BCUT2D eigenvalue weighted by molar-refractivity contribution is -0.199. The van der Waals surface area contributed by atoms with E-state index in [4.69, 9.17) is 26.1 Å². The van der Waals surface area contributed by atoms with E-state index in [1.54, 1.807) is 29.3 Å². The smallest absolute Gasteiger partial charge is 0.410 e. The molecule has 3 heterocycles. The van der Waals surface area contributed by atoms with Crippen molar-refractivity contribution in [2.24, 2.45) is 16.7 Å². The summed E-state index contributed by atoms with van der Waals surface area (Å²) < 4.78 is 11.9. The molecule has 1 aromatic carbocycles.